The second kappa shape index (κ2) is 7.70. The fourth-order valence-corrected chi connectivity index (χ4v) is 3.87. The maximum absolute atomic E-state index is 12.3. The van der Waals surface area contributed by atoms with E-state index in [1.807, 2.05) is 23.1 Å². The van der Waals surface area contributed by atoms with Gasteiger partial charge in [-0.3, -0.25) is 14.4 Å². The van der Waals surface area contributed by atoms with Gasteiger partial charge in [-0.05, 0) is 43.7 Å². The zero-order valence-corrected chi connectivity index (χ0v) is 14.2. The highest BCUT2D eigenvalue weighted by molar-refractivity contribution is 7.10. The third-order valence-electron chi connectivity index (χ3n) is 4.23. The Morgan fingerprint density at radius 1 is 1.57 bits per heavy atom. The first-order valence-corrected chi connectivity index (χ1v) is 8.96. The quantitative estimate of drug-likeness (QED) is 0.877. The molecule has 0 unspecified atom stereocenters. The van der Waals surface area contributed by atoms with Gasteiger partial charge < -0.3 is 5.32 Å². The molecule has 0 radical (unpaired) electrons. The number of likely N-dealkylation sites (tertiary alicyclic amines) is 1. The second-order valence-electron chi connectivity index (χ2n) is 6.17. The lowest BCUT2D eigenvalue weighted by Gasteiger charge is -2.32. The summed E-state index contributed by atoms with van der Waals surface area (Å²) in [7, 11) is 0. The Morgan fingerprint density at radius 2 is 2.48 bits per heavy atom. The number of rotatable bonds is 6. The Morgan fingerprint density at radius 3 is 3.22 bits per heavy atom. The van der Waals surface area contributed by atoms with E-state index in [-0.39, 0.29) is 11.9 Å². The number of carbonyl (C=O) groups is 1. The molecule has 0 aliphatic carbocycles. The number of hydrogen-bond donors (Lipinski definition) is 1. The molecule has 1 amide bonds. The summed E-state index contributed by atoms with van der Waals surface area (Å²) in [5.41, 5.74) is 0. The van der Waals surface area contributed by atoms with Gasteiger partial charge in [0.25, 0.3) is 0 Å². The van der Waals surface area contributed by atoms with Crippen molar-refractivity contribution in [3.05, 3.63) is 35.0 Å². The average Bonchev–Trinajstić information content (AvgIpc) is 3.20. The molecule has 1 saturated heterocycles. The van der Waals surface area contributed by atoms with Crippen molar-refractivity contribution in [2.45, 2.75) is 32.4 Å². The molecule has 124 valence electrons. The number of nitrogens with one attached hydrogen (secondary N) is 1. The Bertz CT molecular complexity index is 598. The van der Waals surface area contributed by atoms with Crippen molar-refractivity contribution in [3.63, 3.8) is 0 Å². The van der Waals surface area contributed by atoms with Gasteiger partial charge in [0.1, 0.15) is 12.7 Å². The van der Waals surface area contributed by atoms with Gasteiger partial charge >= 0.3 is 0 Å². The summed E-state index contributed by atoms with van der Waals surface area (Å²) in [6.07, 6.45) is 5.64. The molecule has 1 aliphatic rings. The lowest BCUT2D eigenvalue weighted by molar-refractivity contribution is -0.123. The molecule has 2 atom stereocenters. The molecule has 1 N–H and O–H groups in total. The van der Waals surface area contributed by atoms with E-state index in [4.69, 9.17) is 0 Å². The molecule has 3 rings (SSSR count). The number of thiophene rings is 1. The monoisotopic (exact) mass is 333 g/mol. The maximum Gasteiger partial charge on any atom is 0.234 e. The Hall–Kier alpha value is -1.73. The van der Waals surface area contributed by atoms with Gasteiger partial charge in [-0.1, -0.05) is 6.07 Å². The molecule has 23 heavy (non-hydrogen) atoms. The molecule has 2 aromatic heterocycles. The molecule has 0 spiro atoms. The summed E-state index contributed by atoms with van der Waals surface area (Å²) in [6, 6.07) is 4.16. The average molecular weight is 333 g/mol. The summed E-state index contributed by atoms with van der Waals surface area (Å²) in [6.45, 7) is 5.33. The van der Waals surface area contributed by atoms with Gasteiger partial charge in [0, 0.05) is 18.0 Å². The van der Waals surface area contributed by atoms with E-state index in [0.29, 0.717) is 12.5 Å². The lowest BCUT2D eigenvalue weighted by Crippen LogP contribution is -2.43. The third kappa shape index (κ3) is 4.62. The van der Waals surface area contributed by atoms with Gasteiger partial charge in [-0.15, -0.1) is 11.3 Å². The van der Waals surface area contributed by atoms with Crippen LogP contribution in [0.5, 0.6) is 0 Å². The van der Waals surface area contributed by atoms with Crippen molar-refractivity contribution >= 4 is 17.2 Å². The van der Waals surface area contributed by atoms with Crippen molar-refractivity contribution in [1.82, 2.24) is 25.0 Å². The molecule has 0 bridgehead atoms. The van der Waals surface area contributed by atoms with Gasteiger partial charge in [-0.25, -0.2) is 4.98 Å². The largest absolute Gasteiger partial charge is 0.348 e. The summed E-state index contributed by atoms with van der Waals surface area (Å²) >= 11 is 1.68. The van der Waals surface area contributed by atoms with Crippen molar-refractivity contribution in [2.24, 2.45) is 5.92 Å². The first-order chi connectivity index (χ1) is 11.2. The SMILES string of the molecule is C[C@H](NC(=O)CN1CCC[C@H](Cn2cncn2)C1)c1cccs1. The molecule has 6 nitrogen and oxygen atoms in total. The molecule has 0 aromatic carbocycles. The molecular weight excluding hydrogens is 310 g/mol. The van der Waals surface area contributed by atoms with E-state index < -0.39 is 0 Å². The van der Waals surface area contributed by atoms with Crippen LogP contribution in [0.1, 0.15) is 30.7 Å². The maximum atomic E-state index is 12.3. The van der Waals surface area contributed by atoms with Crippen LogP contribution in [0.2, 0.25) is 0 Å². The number of piperidine rings is 1. The molecule has 3 heterocycles. The van der Waals surface area contributed by atoms with Crippen LogP contribution >= 0.6 is 11.3 Å². The van der Waals surface area contributed by atoms with Crippen LogP contribution in [0.4, 0.5) is 0 Å². The minimum atomic E-state index is 0.0817. The van der Waals surface area contributed by atoms with E-state index in [1.54, 1.807) is 24.0 Å². The van der Waals surface area contributed by atoms with Crippen LogP contribution in [-0.4, -0.2) is 45.2 Å². The van der Waals surface area contributed by atoms with Crippen LogP contribution in [0.25, 0.3) is 0 Å². The van der Waals surface area contributed by atoms with Crippen LogP contribution in [-0.2, 0) is 11.3 Å². The van der Waals surface area contributed by atoms with E-state index >= 15 is 0 Å². The van der Waals surface area contributed by atoms with Gasteiger partial charge in [0.15, 0.2) is 0 Å². The topological polar surface area (TPSA) is 63.1 Å². The van der Waals surface area contributed by atoms with Crippen LogP contribution in [0.3, 0.4) is 0 Å². The molecule has 0 saturated carbocycles. The van der Waals surface area contributed by atoms with Gasteiger partial charge in [0.05, 0.1) is 12.6 Å². The number of aromatic nitrogens is 3. The minimum absolute atomic E-state index is 0.0817. The fourth-order valence-electron chi connectivity index (χ4n) is 3.13. The summed E-state index contributed by atoms with van der Waals surface area (Å²) in [4.78, 5) is 19.7. The zero-order chi connectivity index (χ0) is 16.1. The predicted octanol–water partition coefficient (Wildman–Crippen LogP) is 1.93. The van der Waals surface area contributed by atoms with Crippen LogP contribution < -0.4 is 5.32 Å². The summed E-state index contributed by atoms with van der Waals surface area (Å²) in [5, 5.41) is 9.30. The fraction of sp³-hybridized carbons (Fsp3) is 0.562. The number of hydrogen-bond acceptors (Lipinski definition) is 5. The van der Waals surface area contributed by atoms with E-state index in [0.717, 1.165) is 26.1 Å². The first-order valence-electron chi connectivity index (χ1n) is 8.08. The van der Waals surface area contributed by atoms with Gasteiger partial charge in [-0.2, -0.15) is 5.10 Å². The Kier molecular flexibility index (Phi) is 5.40. The van der Waals surface area contributed by atoms with Gasteiger partial charge in [0.2, 0.25) is 5.91 Å². The Labute approximate surface area is 140 Å². The first kappa shape index (κ1) is 16.1. The zero-order valence-electron chi connectivity index (χ0n) is 13.4. The summed E-state index contributed by atoms with van der Waals surface area (Å²) in [5.74, 6) is 0.639. The molecule has 1 aliphatic heterocycles. The van der Waals surface area contributed by atoms with Crippen LogP contribution in [0, 0.1) is 5.92 Å². The van der Waals surface area contributed by atoms with Crippen molar-refractivity contribution in [3.8, 4) is 0 Å². The number of carbonyl (C=O) groups excluding carboxylic acids is 1. The molecule has 1 fully saturated rings. The van der Waals surface area contributed by atoms with Crippen molar-refractivity contribution in [2.75, 3.05) is 19.6 Å². The minimum Gasteiger partial charge on any atom is -0.348 e. The predicted molar refractivity (Wildman–Crippen MR) is 90.1 cm³/mol. The van der Waals surface area contributed by atoms with Crippen molar-refractivity contribution in [1.29, 1.82) is 0 Å². The van der Waals surface area contributed by atoms with E-state index in [1.165, 1.54) is 11.3 Å². The molecule has 2 aromatic rings. The molecule has 7 heteroatoms. The Balaban J connectivity index is 1.46. The number of nitrogens with zero attached hydrogens (tertiary/aromatic N) is 4. The normalized spacial score (nSPS) is 20.3. The standard InChI is InChI=1S/C16H23N5OS/c1-13(15-5-3-7-23-15)19-16(22)10-20-6-2-4-14(8-20)9-21-12-17-11-18-21/h3,5,7,11-14H,2,4,6,8-10H2,1H3,(H,19,22)/t13-,14-/m0/s1. The van der Waals surface area contributed by atoms with E-state index in [2.05, 4.69) is 26.4 Å². The smallest absolute Gasteiger partial charge is 0.234 e. The highest BCUT2D eigenvalue weighted by Crippen LogP contribution is 2.19. The molecular formula is C16H23N5OS. The van der Waals surface area contributed by atoms with Crippen molar-refractivity contribution < 1.29 is 4.79 Å². The highest BCUT2D eigenvalue weighted by Gasteiger charge is 2.22. The third-order valence-corrected chi connectivity index (χ3v) is 5.28. The summed E-state index contributed by atoms with van der Waals surface area (Å²) < 4.78 is 1.88. The highest BCUT2D eigenvalue weighted by atomic mass is 32.1. The lowest BCUT2D eigenvalue weighted by atomic mass is 9.98. The van der Waals surface area contributed by atoms with E-state index in [9.17, 15) is 4.79 Å². The van der Waals surface area contributed by atoms with Crippen LogP contribution in [0.15, 0.2) is 30.2 Å². The number of amides is 1. The second-order valence-corrected chi connectivity index (χ2v) is 7.14.